The number of thioether (sulfide) groups is 1. The van der Waals surface area contributed by atoms with Gasteiger partial charge < -0.3 is 4.42 Å². The van der Waals surface area contributed by atoms with Gasteiger partial charge in [0.2, 0.25) is 0 Å². The van der Waals surface area contributed by atoms with Crippen molar-refractivity contribution in [3.05, 3.63) is 64.3 Å². The number of hydrogen-bond acceptors (Lipinski definition) is 8. The predicted molar refractivity (Wildman–Crippen MR) is 112 cm³/mol. The van der Waals surface area contributed by atoms with Crippen molar-refractivity contribution in [2.24, 2.45) is 5.10 Å². The Hall–Kier alpha value is -2.49. The van der Waals surface area contributed by atoms with E-state index in [1.807, 2.05) is 41.1 Å². The summed E-state index contributed by atoms with van der Waals surface area (Å²) in [5, 5.41) is 12.0. The van der Waals surface area contributed by atoms with Gasteiger partial charge in [0.05, 0.1) is 22.6 Å². The molecule has 6 nitrogen and oxygen atoms in total. The molecule has 1 aliphatic rings. The summed E-state index contributed by atoms with van der Waals surface area (Å²) in [6.45, 7) is 0. The topological polar surface area (TPSA) is 71.6 Å². The van der Waals surface area contributed by atoms with Crippen molar-refractivity contribution >= 4 is 56.3 Å². The minimum absolute atomic E-state index is 0.0695. The fraction of sp³-hybridized carbons (Fsp3) is 0.158. The van der Waals surface area contributed by atoms with Crippen LogP contribution in [-0.2, 0) is 4.79 Å². The average Bonchev–Trinajstić information content (AvgIpc) is 3.49. The third kappa shape index (κ3) is 3.25. The van der Waals surface area contributed by atoms with Gasteiger partial charge in [0.1, 0.15) is 28.0 Å². The maximum absolute atomic E-state index is 13.0. The Kier molecular flexibility index (Phi) is 4.71. The zero-order chi connectivity index (χ0) is 18.9. The Morgan fingerprint density at radius 1 is 1.21 bits per heavy atom. The number of furan rings is 1. The second-order valence-electron chi connectivity index (χ2n) is 6.10. The number of carbonyl (C=O) groups is 1. The van der Waals surface area contributed by atoms with Crippen LogP contribution in [0.4, 0.5) is 0 Å². The first-order chi connectivity index (χ1) is 13.8. The minimum atomic E-state index is -0.216. The summed E-state index contributed by atoms with van der Waals surface area (Å²) in [7, 11) is 0. The van der Waals surface area contributed by atoms with Crippen LogP contribution >= 0.6 is 34.4 Å². The lowest BCUT2D eigenvalue weighted by molar-refractivity contribution is -0.130. The fourth-order valence-electron chi connectivity index (χ4n) is 3.11. The average molecular weight is 427 g/mol. The minimum Gasteiger partial charge on any atom is -0.467 e. The molecule has 140 valence electrons. The van der Waals surface area contributed by atoms with E-state index in [0.717, 1.165) is 31.6 Å². The van der Waals surface area contributed by atoms with Gasteiger partial charge >= 0.3 is 0 Å². The van der Waals surface area contributed by atoms with Crippen molar-refractivity contribution in [1.29, 1.82) is 0 Å². The van der Waals surface area contributed by atoms with Gasteiger partial charge in [0.15, 0.2) is 0 Å². The molecule has 0 saturated heterocycles. The highest BCUT2D eigenvalue weighted by atomic mass is 32.2. The molecule has 1 unspecified atom stereocenters. The van der Waals surface area contributed by atoms with E-state index in [2.05, 4.69) is 15.1 Å². The lowest BCUT2D eigenvalue weighted by atomic mass is 10.1. The van der Waals surface area contributed by atoms with Crippen LogP contribution in [0.2, 0.25) is 0 Å². The van der Waals surface area contributed by atoms with E-state index in [-0.39, 0.29) is 17.7 Å². The molecule has 0 aliphatic carbocycles. The van der Waals surface area contributed by atoms with E-state index in [9.17, 15) is 4.79 Å². The Balaban J connectivity index is 1.38. The number of aromatic nitrogens is 2. The molecule has 0 saturated carbocycles. The fourth-order valence-corrected chi connectivity index (χ4v) is 5.47. The van der Waals surface area contributed by atoms with Gasteiger partial charge in [-0.05, 0) is 35.0 Å². The summed E-state index contributed by atoms with van der Waals surface area (Å²) < 4.78 is 5.58. The van der Waals surface area contributed by atoms with Gasteiger partial charge in [-0.2, -0.15) is 5.10 Å². The SMILES string of the molecule is O=C(CSc1ncnc2sccc12)N1N=C(c2cccs2)CC1c1ccco1. The van der Waals surface area contributed by atoms with Crippen LogP contribution in [0.15, 0.2) is 68.2 Å². The van der Waals surface area contributed by atoms with E-state index < -0.39 is 0 Å². The third-order valence-electron chi connectivity index (χ3n) is 4.40. The maximum Gasteiger partial charge on any atom is 0.253 e. The molecule has 1 aliphatic heterocycles. The highest BCUT2D eigenvalue weighted by Crippen LogP contribution is 2.35. The number of rotatable bonds is 5. The van der Waals surface area contributed by atoms with E-state index in [0.29, 0.717) is 6.42 Å². The van der Waals surface area contributed by atoms with E-state index in [1.54, 1.807) is 40.3 Å². The number of hydrogen-bond donors (Lipinski definition) is 0. The third-order valence-corrected chi connectivity index (χ3v) is 7.13. The Morgan fingerprint density at radius 2 is 2.18 bits per heavy atom. The predicted octanol–water partition coefficient (Wildman–Crippen LogP) is 4.82. The molecule has 5 rings (SSSR count). The molecular weight excluding hydrogens is 412 g/mol. The van der Waals surface area contributed by atoms with E-state index in [4.69, 9.17) is 4.42 Å². The molecule has 0 N–H and O–H groups in total. The zero-order valence-corrected chi connectivity index (χ0v) is 17.0. The lowest BCUT2D eigenvalue weighted by Crippen LogP contribution is -2.28. The molecule has 5 heterocycles. The molecule has 28 heavy (non-hydrogen) atoms. The smallest absolute Gasteiger partial charge is 0.253 e. The second kappa shape index (κ2) is 7.50. The number of thiophene rings is 2. The zero-order valence-electron chi connectivity index (χ0n) is 14.5. The number of hydrazone groups is 1. The van der Waals surface area contributed by atoms with E-state index in [1.165, 1.54) is 11.8 Å². The molecule has 4 aromatic rings. The molecule has 0 fully saturated rings. The summed E-state index contributed by atoms with van der Waals surface area (Å²) in [4.78, 5) is 23.6. The van der Waals surface area contributed by atoms with Crippen LogP contribution in [0, 0.1) is 0 Å². The first kappa shape index (κ1) is 17.6. The van der Waals surface area contributed by atoms with E-state index >= 15 is 0 Å². The van der Waals surface area contributed by atoms with Crippen molar-refractivity contribution in [2.75, 3.05) is 5.75 Å². The lowest BCUT2D eigenvalue weighted by Gasteiger charge is -2.19. The molecule has 9 heteroatoms. The summed E-state index contributed by atoms with van der Waals surface area (Å²) in [6.07, 6.45) is 3.82. The summed E-state index contributed by atoms with van der Waals surface area (Å²) in [5.41, 5.74) is 0.914. The van der Waals surface area contributed by atoms with Gasteiger partial charge in [-0.3, -0.25) is 4.79 Å². The summed E-state index contributed by atoms with van der Waals surface area (Å²) in [6, 6.07) is 9.52. The Labute approximate surface area is 172 Å². The molecule has 1 atom stereocenters. The van der Waals surface area contributed by atoms with Crippen molar-refractivity contribution in [3.63, 3.8) is 0 Å². The molecule has 0 radical (unpaired) electrons. The highest BCUT2D eigenvalue weighted by molar-refractivity contribution is 8.00. The molecular formula is C19H14N4O2S3. The number of carbonyl (C=O) groups excluding carboxylic acids is 1. The van der Waals surface area contributed by atoms with Gasteiger partial charge in [0.25, 0.3) is 5.91 Å². The Morgan fingerprint density at radius 3 is 3.00 bits per heavy atom. The Bertz CT molecular complexity index is 1140. The molecule has 0 spiro atoms. The van der Waals surface area contributed by atoms with Crippen LogP contribution in [-0.4, -0.2) is 32.3 Å². The number of nitrogens with zero attached hydrogens (tertiary/aromatic N) is 4. The first-order valence-electron chi connectivity index (χ1n) is 8.57. The number of fused-ring (bicyclic) bond motifs is 1. The van der Waals surface area contributed by atoms with Crippen LogP contribution in [0.3, 0.4) is 0 Å². The molecule has 0 aromatic carbocycles. The van der Waals surface area contributed by atoms with Gasteiger partial charge in [0, 0.05) is 11.8 Å². The second-order valence-corrected chi connectivity index (χ2v) is 8.91. The molecule has 0 bridgehead atoms. The molecule has 4 aromatic heterocycles. The van der Waals surface area contributed by atoms with Crippen LogP contribution in [0.25, 0.3) is 10.2 Å². The number of amides is 1. The monoisotopic (exact) mass is 426 g/mol. The molecule has 1 amide bonds. The quantitative estimate of drug-likeness (QED) is 0.338. The highest BCUT2D eigenvalue weighted by Gasteiger charge is 2.35. The van der Waals surface area contributed by atoms with Crippen molar-refractivity contribution < 1.29 is 9.21 Å². The van der Waals surface area contributed by atoms with Gasteiger partial charge in [-0.15, -0.1) is 22.7 Å². The normalized spacial score (nSPS) is 16.6. The largest absolute Gasteiger partial charge is 0.467 e. The van der Waals surface area contributed by atoms with Crippen molar-refractivity contribution in [1.82, 2.24) is 15.0 Å². The van der Waals surface area contributed by atoms with Crippen molar-refractivity contribution in [3.8, 4) is 0 Å². The van der Waals surface area contributed by atoms with Gasteiger partial charge in [-0.1, -0.05) is 17.8 Å². The van der Waals surface area contributed by atoms with Crippen molar-refractivity contribution in [2.45, 2.75) is 17.5 Å². The summed E-state index contributed by atoms with van der Waals surface area (Å²) >= 11 is 4.61. The van der Waals surface area contributed by atoms with Crippen LogP contribution in [0.5, 0.6) is 0 Å². The summed E-state index contributed by atoms with van der Waals surface area (Å²) in [5.74, 6) is 0.927. The first-order valence-corrected chi connectivity index (χ1v) is 11.3. The standard InChI is InChI=1S/C19H14N4O2S3/c24-17(10-28-19-12-5-8-27-18(12)20-11-21-19)23-14(15-3-1-6-25-15)9-13(22-23)16-4-2-7-26-16/h1-8,11,14H,9-10H2. The van der Waals surface area contributed by atoms with Crippen LogP contribution in [0.1, 0.15) is 23.1 Å². The van der Waals surface area contributed by atoms with Crippen LogP contribution < -0.4 is 0 Å². The maximum atomic E-state index is 13.0. The van der Waals surface area contributed by atoms with Gasteiger partial charge in [-0.25, -0.2) is 15.0 Å².